The van der Waals surface area contributed by atoms with Crippen LogP contribution >= 0.6 is 24.0 Å². The number of ether oxygens (including phenoxy) is 3. The van der Waals surface area contributed by atoms with Gasteiger partial charge in [-0.05, 0) is 56.4 Å². The van der Waals surface area contributed by atoms with Crippen LogP contribution in [-0.4, -0.2) is 46.4 Å². The number of guanidine groups is 1. The summed E-state index contributed by atoms with van der Waals surface area (Å²) in [5, 5.41) is 6.83. The first-order chi connectivity index (χ1) is 15.6. The highest BCUT2D eigenvalue weighted by atomic mass is 127. The SMILES string of the molecule is CCNC(=NCC1CCCOC1c1ccc(C)cc1)NCCc1ccc(OC)c(OC)c1.I. The summed E-state index contributed by atoms with van der Waals surface area (Å²) in [6.45, 7) is 7.37. The molecule has 2 aromatic carbocycles. The topological polar surface area (TPSA) is 64.1 Å². The van der Waals surface area contributed by atoms with Gasteiger partial charge in [0.25, 0.3) is 0 Å². The summed E-state index contributed by atoms with van der Waals surface area (Å²) in [6.07, 6.45) is 3.20. The second-order valence-corrected chi connectivity index (χ2v) is 8.19. The van der Waals surface area contributed by atoms with Gasteiger partial charge in [0.05, 0.1) is 20.3 Å². The molecule has 2 unspecified atom stereocenters. The van der Waals surface area contributed by atoms with Gasteiger partial charge in [-0.2, -0.15) is 0 Å². The molecule has 3 rings (SSSR count). The predicted octanol–water partition coefficient (Wildman–Crippen LogP) is 4.90. The van der Waals surface area contributed by atoms with Gasteiger partial charge in [-0.1, -0.05) is 35.9 Å². The zero-order valence-electron chi connectivity index (χ0n) is 20.2. The fourth-order valence-corrected chi connectivity index (χ4v) is 4.07. The van der Waals surface area contributed by atoms with Crippen molar-refractivity contribution in [1.82, 2.24) is 10.6 Å². The van der Waals surface area contributed by atoms with Gasteiger partial charge in [-0.3, -0.25) is 4.99 Å². The van der Waals surface area contributed by atoms with Crippen LogP contribution in [0.1, 0.15) is 42.6 Å². The molecule has 1 fully saturated rings. The number of nitrogens with zero attached hydrogens (tertiary/aromatic N) is 1. The number of benzene rings is 2. The quantitative estimate of drug-likeness (QED) is 0.257. The summed E-state index contributed by atoms with van der Waals surface area (Å²) < 4.78 is 16.9. The lowest BCUT2D eigenvalue weighted by atomic mass is 9.89. The van der Waals surface area contributed by atoms with Crippen molar-refractivity contribution < 1.29 is 14.2 Å². The summed E-state index contributed by atoms with van der Waals surface area (Å²) in [6, 6.07) is 14.7. The number of hydrogen-bond acceptors (Lipinski definition) is 4. The third kappa shape index (κ3) is 8.07. The highest BCUT2D eigenvalue weighted by Gasteiger charge is 2.27. The van der Waals surface area contributed by atoms with E-state index in [1.807, 2.05) is 12.1 Å². The van der Waals surface area contributed by atoms with Crippen molar-refractivity contribution in [3.05, 3.63) is 59.2 Å². The van der Waals surface area contributed by atoms with Crippen LogP contribution in [0, 0.1) is 12.8 Å². The van der Waals surface area contributed by atoms with Gasteiger partial charge in [0, 0.05) is 32.2 Å². The van der Waals surface area contributed by atoms with E-state index in [2.05, 4.69) is 54.8 Å². The molecule has 1 saturated heterocycles. The summed E-state index contributed by atoms with van der Waals surface area (Å²) in [7, 11) is 3.31. The van der Waals surface area contributed by atoms with E-state index < -0.39 is 0 Å². The molecule has 33 heavy (non-hydrogen) atoms. The second kappa shape index (κ2) is 14.3. The first-order valence-electron chi connectivity index (χ1n) is 11.6. The zero-order chi connectivity index (χ0) is 22.8. The van der Waals surface area contributed by atoms with E-state index in [1.165, 1.54) is 16.7 Å². The summed E-state index contributed by atoms with van der Waals surface area (Å²) in [5.74, 6) is 2.73. The van der Waals surface area contributed by atoms with Crippen LogP contribution in [0.25, 0.3) is 0 Å². The smallest absolute Gasteiger partial charge is 0.191 e. The van der Waals surface area contributed by atoms with Crippen LogP contribution in [0.3, 0.4) is 0 Å². The first kappa shape index (κ1) is 27.2. The van der Waals surface area contributed by atoms with Gasteiger partial charge in [0.15, 0.2) is 17.5 Å². The Morgan fingerprint density at radius 3 is 2.52 bits per heavy atom. The van der Waals surface area contributed by atoms with Gasteiger partial charge in [0.2, 0.25) is 0 Å². The lowest BCUT2D eigenvalue weighted by Crippen LogP contribution is -2.39. The number of rotatable bonds is 9. The summed E-state index contributed by atoms with van der Waals surface area (Å²) in [4.78, 5) is 4.89. The fraction of sp³-hybridized carbons (Fsp3) is 0.500. The summed E-state index contributed by atoms with van der Waals surface area (Å²) >= 11 is 0. The molecule has 2 N–H and O–H groups in total. The van der Waals surface area contributed by atoms with E-state index in [0.29, 0.717) is 5.92 Å². The number of hydrogen-bond donors (Lipinski definition) is 2. The molecule has 7 heteroatoms. The van der Waals surface area contributed by atoms with Crippen LogP contribution in [0.15, 0.2) is 47.5 Å². The number of halogens is 1. The van der Waals surface area contributed by atoms with E-state index >= 15 is 0 Å². The van der Waals surface area contributed by atoms with Crippen LogP contribution in [0.5, 0.6) is 11.5 Å². The number of aryl methyl sites for hydroxylation is 1. The van der Waals surface area contributed by atoms with Crippen LogP contribution < -0.4 is 20.1 Å². The number of nitrogens with one attached hydrogen (secondary N) is 2. The monoisotopic (exact) mass is 567 g/mol. The molecule has 0 bridgehead atoms. The molecule has 2 aromatic rings. The lowest BCUT2D eigenvalue weighted by molar-refractivity contribution is -0.0250. The third-order valence-corrected chi connectivity index (χ3v) is 5.83. The van der Waals surface area contributed by atoms with Crippen molar-refractivity contribution in [2.75, 3.05) is 40.5 Å². The minimum Gasteiger partial charge on any atom is -0.493 e. The molecule has 1 heterocycles. The van der Waals surface area contributed by atoms with Crippen LogP contribution in [0.4, 0.5) is 0 Å². The normalized spacial score (nSPS) is 18.2. The Kier molecular flexibility index (Phi) is 11.8. The van der Waals surface area contributed by atoms with Gasteiger partial charge >= 0.3 is 0 Å². The third-order valence-electron chi connectivity index (χ3n) is 5.83. The fourth-order valence-electron chi connectivity index (χ4n) is 4.07. The second-order valence-electron chi connectivity index (χ2n) is 8.19. The molecule has 182 valence electrons. The van der Waals surface area contributed by atoms with E-state index in [4.69, 9.17) is 19.2 Å². The van der Waals surface area contributed by atoms with Gasteiger partial charge < -0.3 is 24.8 Å². The van der Waals surface area contributed by atoms with Gasteiger partial charge in [-0.25, -0.2) is 0 Å². The molecule has 6 nitrogen and oxygen atoms in total. The van der Waals surface area contributed by atoms with E-state index in [-0.39, 0.29) is 30.1 Å². The Morgan fingerprint density at radius 1 is 1.06 bits per heavy atom. The average molecular weight is 568 g/mol. The van der Waals surface area contributed by atoms with Crippen molar-refractivity contribution in [2.24, 2.45) is 10.9 Å². The maximum Gasteiger partial charge on any atom is 0.191 e. The molecular weight excluding hydrogens is 529 g/mol. The van der Waals surface area contributed by atoms with Crippen molar-refractivity contribution in [3.8, 4) is 11.5 Å². The van der Waals surface area contributed by atoms with Crippen LogP contribution in [-0.2, 0) is 11.2 Å². The molecular formula is C26H38IN3O3. The van der Waals surface area contributed by atoms with Gasteiger partial charge in [-0.15, -0.1) is 24.0 Å². The highest BCUT2D eigenvalue weighted by Crippen LogP contribution is 2.34. The molecule has 0 aromatic heterocycles. The highest BCUT2D eigenvalue weighted by molar-refractivity contribution is 14.0. The molecule has 0 spiro atoms. The Hall–Kier alpha value is -2.00. The Bertz CT molecular complexity index is 874. The lowest BCUT2D eigenvalue weighted by Gasteiger charge is -2.31. The summed E-state index contributed by atoms with van der Waals surface area (Å²) in [5.41, 5.74) is 3.71. The Balaban J connectivity index is 0.00000385. The van der Waals surface area contributed by atoms with Gasteiger partial charge in [0.1, 0.15) is 0 Å². The van der Waals surface area contributed by atoms with Crippen molar-refractivity contribution in [2.45, 2.75) is 39.2 Å². The molecule has 0 saturated carbocycles. The molecule has 2 atom stereocenters. The average Bonchev–Trinajstić information content (AvgIpc) is 2.83. The number of methoxy groups -OCH3 is 2. The maximum atomic E-state index is 6.16. The van der Waals surface area contributed by atoms with Crippen molar-refractivity contribution in [3.63, 3.8) is 0 Å². The van der Waals surface area contributed by atoms with E-state index in [1.54, 1.807) is 14.2 Å². The largest absolute Gasteiger partial charge is 0.493 e. The zero-order valence-corrected chi connectivity index (χ0v) is 22.6. The first-order valence-corrected chi connectivity index (χ1v) is 11.6. The van der Waals surface area contributed by atoms with Crippen molar-refractivity contribution in [1.29, 1.82) is 0 Å². The predicted molar refractivity (Wildman–Crippen MR) is 145 cm³/mol. The Morgan fingerprint density at radius 2 is 1.82 bits per heavy atom. The molecule has 0 amide bonds. The molecule has 1 aliphatic heterocycles. The van der Waals surface area contributed by atoms with Crippen molar-refractivity contribution >= 4 is 29.9 Å². The maximum absolute atomic E-state index is 6.16. The van der Waals surface area contributed by atoms with E-state index in [0.717, 1.165) is 63.0 Å². The molecule has 0 radical (unpaired) electrons. The van der Waals surface area contributed by atoms with E-state index in [9.17, 15) is 0 Å². The van der Waals surface area contributed by atoms with Crippen LogP contribution in [0.2, 0.25) is 0 Å². The minimum absolute atomic E-state index is 0. The standard InChI is InChI=1S/C26H37N3O3.HI/c1-5-27-26(28-15-14-20-10-13-23(30-3)24(17-20)31-4)29-18-22-7-6-16-32-25(22)21-11-8-19(2)9-12-21;/h8-13,17,22,25H,5-7,14-16,18H2,1-4H3,(H2,27,28,29);1H. The molecule has 0 aliphatic carbocycles. The molecule has 1 aliphatic rings. The number of aliphatic imine (C=N–C) groups is 1. The minimum atomic E-state index is 0. The Labute approximate surface area is 215 Å².